The summed E-state index contributed by atoms with van der Waals surface area (Å²) in [6, 6.07) is 6.19. The van der Waals surface area contributed by atoms with Crippen LogP contribution in [0.3, 0.4) is 0 Å². The Labute approximate surface area is 186 Å². The summed E-state index contributed by atoms with van der Waals surface area (Å²) in [4.78, 5) is 4.83. The highest BCUT2D eigenvalue weighted by Crippen LogP contribution is 2.35. The van der Waals surface area contributed by atoms with Crippen molar-refractivity contribution >= 4 is 5.96 Å². The van der Waals surface area contributed by atoms with Gasteiger partial charge in [-0.25, -0.2) is 0 Å². The number of nitrogens with one attached hydrogen (secondary N) is 2. The lowest BCUT2D eigenvalue weighted by molar-refractivity contribution is 0.0203. The van der Waals surface area contributed by atoms with E-state index >= 15 is 0 Å². The van der Waals surface area contributed by atoms with Crippen LogP contribution in [-0.4, -0.2) is 65.2 Å². The number of ether oxygens (including phenoxy) is 4. The van der Waals surface area contributed by atoms with E-state index in [1.54, 1.807) is 0 Å². The molecule has 2 N–H and O–H groups in total. The molecule has 0 aromatic heterocycles. The fourth-order valence-corrected chi connectivity index (χ4v) is 3.72. The Balaban J connectivity index is 1.43. The molecule has 3 rings (SSSR count). The molecule has 1 aromatic rings. The Kier molecular flexibility index (Phi) is 9.28. The molecule has 2 heterocycles. The third-order valence-electron chi connectivity index (χ3n) is 5.75. The molecule has 1 saturated heterocycles. The lowest BCUT2D eigenvalue weighted by Gasteiger charge is -2.26. The van der Waals surface area contributed by atoms with Crippen LogP contribution in [0, 0.1) is 5.92 Å². The second-order valence-electron chi connectivity index (χ2n) is 8.85. The zero-order valence-electron chi connectivity index (χ0n) is 19.4. The van der Waals surface area contributed by atoms with Crippen molar-refractivity contribution in [2.24, 2.45) is 10.9 Å². The minimum Gasteiger partial charge on any atom is -0.486 e. The van der Waals surface area contributed by atoms with Gasteiger partial charge in [-0.05, 0) is 49.8 Å². The van der Waals surface area contributed by atoms with E-state index in [0.717, 1.165) is 76.2 Å². The van der Waals surface area contributed by atoms with Gasteiger partial charge in [-0.3, -0.25) is 4.99 Å². The van der Waals surface area contributed by atoms with Crippen LogP contribution in [-0.2, 0) is 14.9 Å². The van der Waals surface area contributed by atoms with E-state index in [-0.39, 0.29) is 5.41 Å². The first-order chi connectivity index (χ1) is 15.1. The topological polar surface area (TPSA) is 73.3 Å². The van der Waals surface area contributed by atoms with Crippen LogP contribution in [0.4, 0.5) is 0 Å². The number of hydrogen-bond acceptors (Lipinski definition) is 5. The monoisotopic (exact) mass is 433 g/mol. The van der Waals surface area contributed by atoms with E-state index in [1.165, 1.54) is 5.56 Å². The van der Waals surface area contributed by atoms with Crippen molar-refractivity contribution in [2.75, 3.05) is 59.3 Å². The van der Waals surface area contributed by atoms with Gasteiger partial charge in [-0.2, -0.15) is 0 Å². The zero-order valence-corrected chi connectivity index (χ0v) is 19.4. The maximum Gasteiger partial charge on any atom is 0.191 e. The molecule has 0 unspecified atom stereocenters. The van der Waals surface area contributed by atoms with Gasteiger partial charge in [0.15, 0.2) is 17.5 Å². The quantitative estimate of drug-likeness (QED) is 0.336. The maximum absolute atomic E-state index is 5.85. The Bertz CT molecular complexity index is 702. The molecule has 0 aliphatic carbocycles. The molecule has 0 saturated carbocycles. The summed E-state index contributed by atoms with van der Waals surface area (Å²) >= 11 is 0. The van der Waals surface area contributed by atoms with E-state index in [2.05, 4.69) is 43.5 Å². The van der Waals surface area contributed by atoms with Crippen LogP contribution < -0.4 is 20.1 Å². The average Bonchev–Trinajstić information content (AvgIpc) is 2.80. The van der Waals surface area contributed by atoms with Crippen LogP contribution in [0.5, 0.6) is 11.5 Å². The molecule has 31 heavy (non-hydrogen) atoms. The molecular weight excluding hydrogens is 394 g/mol. The third-order valence-corrected chi connectivity index (χ3v) is 5.75. The van der Waals surface area contributed by atoms with Gasteiger partial charge < -0.3 is 29.6 Å². The smallest absolute Gasteiger partial charge is 0.191 e. The van der Waals surface area contributed by atoms with Crippen molar-refractivity contribution in [3.05, 3.63) is 23.8 Å². The number of fused-ring (bicyclic) bond motifs is 1. The molecule has 0 spiro atoms. The van der Waals surface area contributed by atoms with Crippen molar-refractivity contribution < 1.29 is 18.9 Å². The summed E-state index contributed by atoms with van der Waals surface area (Å²) < 4.78 is 22.6. The van der Waals surface area contributed by atoms with Gasteiger partial charge in [0, 0.05) is 44.9 Å². The average molecular weight is 434 g/mol. The Morgan fingerprint density at radius 2 is 1.87 bits per heavy atom. The number of benzene rings is 1. The molecule has 7 heteroatoms. The van der Waals surface area contributed by atoms with Gasteiger partial charge in [-0.15, -0.1) is 0 Å². The first-order valence-corrected chi connectivity index (χ1v) is 11.7. The van der Waals surface area contributed by atoms with Gasteiger partial charge in [0.25, 0.3) is 0 Å². The molecule has 1 fully saturated rings. The van der Waals surface area contributed by atoms with E-state index in [9.17, 15) is 0 Å². The zero-order chi connectivity index (χ0) is 21.9. The van der Waals surface area contributed by atoms with Crippen LogP contribution in [0.2, 0.25) is 0 Å². The van der Waals surface area contributed by atoms with Gasteiger partial charge in [0.1, 0.15) is 13.2 Å². The number of guanidine groups is 1. The lowest BCUT2D eigenvalue weighted by Crippen LogP contribution is -2.39. The summed E-state index contributed by atoms with van der Waals surface area (Å²) in [5.74, 6) is 3.15. The SMILES string of the molecule is CCNC(=NCC(C)(C)c1ccc2c(c1)OCCO2)NCCCOCC1CCOCC1. The van der Waals surface area contributed by atoms with Gasteiger partial charge >= 0.3 is 0 Å². The highest BCUT2D eigenvalue weighted by Gasteiger charge is 2.23. The van der Waals surface area contributed by atoms with Crippen LogP contribution in [0.25, 0.3) is 0 Å². The third kappa shape index (κ3) is 7.58. The molecule has 2 aliphatic rings. The van der Waals surface area contributed by atoms with Crippen LogP contribution >= 0.6 is 0 Å². The van der Waals surface area contributed by atoms with E-state index < -0.39 is 0 Å². The summed E-state index contributed by atoms with van der Waals surface area (Å²) in [5.41, 5.74) is 1.07. The second kappa shape index (κ2) is 12.2. The first-order valence-electron chi connectivity index (χ1n) is 11.7. The molecule has 0 atom stereocenters. The molecule has 1 aromatic carbocycles. The standard InChI is InChI=1S/C24H39N3O4/c1-4-25-23(26-10-5-11-29-17-19-8-12-28-13-9-19)27-18-24(2,3)20-6-7-21-22(16-20)31-15-14-30-21/h6-7,16,19H,4-5,8-15,17-18H2,1-3H3,(H2,25,26,27). The minimum absolute atomic E-state index is 0.120. The largest absolute Gasteiger partial charge is 0.486 e. The van der Waals surface area contributed by atoms with Gasteiger partial charge in [-0.1, -0.05) is 19.9 Å². The summed E-state index contributed by atoms with van der Waals surface area (Å²) in [7, 11) is 0. The molecule has 7 nitrogen and oxygen atoms in total. The Hall–Kier alpha value is -1.99. The highest BCUT2D eigenvalue weighted by atomic mass is 16.6. The molecule has 0 bridgehead atoms. The van der Waals surface area contributed by atoms with Gasteiger partial charge in [0.2, 0.25) is 0 Å². The molecule has 174 valence electrons. The van der Waals surface area contributed by atoms with E-state index in [4.69, 9.17) is 23.9 Å². The number of nitrogens with zero attached hydrogens (tertiary/aromatic N) is 1. The van der Waals surface area contributed by atoms with Crippen molar-refractivity contribution in [3.8, 4) is 11.5 Å². The lowest BCUT2D eigenvalue weighted by atomic mass is 9.84. The maximum atomic E-state index is 5.85. The van der Waals surface area contributed by atoms with Crippen molar-refractivity contribution in [2.45, 2.75) is 45.4 Å². The van der Waals surface area contributed by atoms with E-state index in [1.807, 2.05) is 6.07 Å². The second-order valence-corrected chi connectivity index (χ2v) is 8.85. The van der Waals surface area contributed by atoms with Gasteiger partial charge in [0.05, 0.1) is 6.54 Å². The Morgan fingerprint density at radius 1 is 1.10 bits per heavy atom. The predicted molar refractivity (Wildman–Crippen MR) is 123 cm³/mol. The minimum atomic E-state index is -0.120. The fraction of sp³-hybridized carbons (Fsp3) is 0.708. The van der Waals surface area contributed by atoms with Crippen molar-refractivity contribution in [1.29, 1.82) is 0 Å². The predicted octanol–water partition coefficient (Wildman–Crippen LogP) is 3.12. The summed E-state index contributed by atoms with van der Waals surface area (Å²) in [5, 5.41) is 6.77. The molecule has 0 amide bonds. The molecular formula is C24H39N3O4. The fourth-order valence-electron chi connectivity index (χ4n) is 3.72. The molecule has 0 radical (unpaired) electrons. The normalized spacial score (nSPS) is 17.5. The van der Waals surface area contributed by atoms with Crippen molar-refractivity contribution in [3.63, 3.8) is 0 Å². The summed E-state index contributed by atoms with van der Waals surface area (Å²) in [6.07, 6.45) is 3.20. The number of hydrogen-bond donors (Lipinski definition) is 2. The highest BCUT2D eigenvalue weighted by molar-refractivity contribution is 5.79. The number of aliphatic imine (C=N–C) groups is 1. The summed E-state index contributed by atoms with van der Waals surface area (Å²) in [6.45, 7) is 13.4. The molecule has 2 aliphatic heterocycles. The van der Waals surface area contributed by atoms with Crippen molar-refractivity contribution in [1.82, 2.24) is 10.6 Å². The Morgan fingerprint density at radius 3 is 2.65 bits per heavy atom. The first kappa shape index (κ1) is 23.7. The number of rotatable bonds is 10. The van der Waals surface area contributed by atoms with E-state index in [0.29, 0.717) is 25.7 Å². The van der Waals surface area contributed by atoms with Crippen LogP contribution in [0.15, 0.2) is 23.2 Å². The van der Waals surface area contributed by atoms with Crippen LogP contribution in [0.1, 0.15) is 45.6 Å².